The highest BCUT2D eigenvalue weighted by molar-refractivity contribution is 5.96. The molecule has 1 atom stereocenters. The number of carbonyl (C=O) groups is 2. The van der Waals surface area contributed by atoms with Crippen LogP contribution in [0, 0.1) is 5.92 Å². The molecule has 1 heterocycles. The van der Waals surface area contributed by atoms with E-state index in [0.717, 1.165) is 5.69 Å². The Kier molecular flexibility index (Phi) is 3.85. The minimum Gasteiger partial charge on any atom is -0.330 e. The summed E-state index contributed by atoms with van der Waals surface area (Å²) in [7, 11) is 1.78. The third-order valence-corrected chi connectivity index (χ3v) is 3.45. The number of Topliss-reactive ketones (excluding diaryl/α,β-unsaturated/α-hetero) is 1. The molecule has 1 aromatic carbocycles. The van der Waals surface area contributed by atoms with Crippen molar-refractivity contribution in [1.29, 1.82) is 0 Å². The minimum absolute atomic E-state index is 0.0217. The minimum atomic E-state index is -0.0275. The lowest BCUT2D eigenvalue weighted by atomic mass is 10.1. The van der Waals surface area contributed by atoms with Crippen molar-refractivity contribution < 1.29 is 9.59 Å². The molecule has 1 saturated heterocycles. The van der Waals surface area contributed by atoms with Crippen LogP contribution in [0.4, 0.5) is 10.5 Å². The van der Waals surface area contributed by atoms with Crippen molar-refractivity contribution in [1.82, 2.24) is 4.90 Å². The fourth-order valence-corrected chi connectivity index (χ4v) is 2.31. The maximum atomic E-state index is 12.2. The summed E-state index contributed by atoms with van der Waals surface area (Å²) < 4.78 is 0. The van der Waals surface area contributed by atoms with E-state index in [2.05, 4.69) is 0 Å². The molecule has 102 valence electrons. The number of rotatable bonds is 3. The summed E-state index contributed by atoms with van der Waals surface area (Å²) in [6.07, 6.45) is 0. The van der Waals surface area contributed by atoms with Crippen LogP contribution in [0.3, 0.4) is 0 Å². The van der Waals surface area contributed by atoms with Crippen LogP contribution in [-0.4, -0.2) is 43.4 Å². The molecule has 5 nitrogen and oxygen atoms in total. The van der Waals surface area contributed by atoms with Gasteiger partial charge >= 0.3 is 6.03 Å². The van der Waals surface area contributed by atoms with Crippen molar-refractivity contribution in [3.63, 3.8) is 0 Å². The number of urea groups is 1. The monoisotopic (exact) mass is 261 g/mol. The van der Waals surface area contributed by atoms with E-state index in [9.17, 15) is 9.59 Å². The molecule has 1 aromatic rings. The Morgan fingerprint density at radius 3 is 2.47 bits per heavy atom. The second-order valence-corrected chi connectivity index (χ2v) is 4.98. The van der Waals surface area contributed by atoms with Crippen LogP contribution in [0.25, 0.3) is 0 Å². The predicted octanol–water partition coefficient (Wildman–Crippen LogP) is 1.34. The Hall–Kier alpha value is -1.88. The Labute approximate surface area is 113 Å². The number of carbonyl (C=O) groups excluding carboxylic acids is 2. The largest absolute Gasteiger partial charge is 0.330 e. The van der Waals surface area contributed by atoms with Gasteiger partial charge in [-0.3, -0.25) is 9.69 Å². The molecular weight excluding hydrogens is 242 g/mol. The van der Waals surface area contributed by atoms with E-state index in [0.29, 0.717) is 25.2 Å². The first-order valence-electron chi connectivity index (χ1n) is 6.36. The van der Waals surface area contributed by atoms with Gasteiger partial charge in [0.15, 0.2) is 5.78 Å². The number of benzene rings is 1. The number of nitrogens with two attached hydrogens (primary N) is 1. The van der Waals surface area contributed by atoms with E-state index in [-0.39, 0.29) is 17.7 Å². The summed E-state index contributed by atoms with van der Waals surface area (Å²) in [5.41, 5.74) is 7.16. The first-order valence-corrected chi connectivity index (χ1v) is 6.36. The van der Waals surface area contributed by atoms with Gasteiger partial charge in [-0.25, -0.2) is 4.79 Å². The highest BCUT2D eigenvalue weighted by atomic mass is 16.2. The average molecular weight is 261 g/mol. The molecule has 0 aromatic heterocycles. The molecule has 19 heavy (non-hydrogen) atoms. The van der Waals surface area contributed by atoms with Crippen LogP contribution < -0.4 is 10.6 Å². The highest BCUT2D eigenvalue weighted by Crippen LogP contribution is 2.22. The quantitative estimate of drug-likeness (QED) is 0.835. The molecule has 1 unspecified atom stereocenters. The van der Waals surface area contributed by atoms with Crippen LogP contribution in [0.15, 0.2) is 24.3 Å². The Morgan fingerprint density at radius 2 is 1.95 bits per heavy atom. The van der Waals surface area contributed by atoms with E-state index >= 15 is 0 Å². The molecule has 0 spiro atoms. The van der Waals surface area contributed by atoms with E-state index in [4.69, 9.17) is 5.73 Å². The number of hydrogen-bond donors (Lipinski definition) is 1. The lowest BCUT2D eigenvalue weighted by Crippen LogP contribution is -2.53. The van der Waals surface area contributed by atoms with Crippen molar-refractivity contribution >= 4 is 17.5 Å². The van der Waals surface area contributed by atoms with Gasteiger partial charge in [-0.15, -0.1) is 0 Å². The van der Waals surface area contributed by atoms with E-state index < -0.39 is 0 Å². The van der Waals surface area contributed by atoms with Crippen LogP contribution in [0.2, 0.25) is 0 Å². The molecular formula is C14H19N3O2. The van der Waals surface area contributed by atoms with Crippen molar-refractivity contribution in [2.45, 2.75) is 6.92 Å². The normalized spacial score (nSPS) is 19.7. The maximum Gasteiger partial charge on any atom is 0.324 e. The fourth-order valence-electron chi connectivity index (χ4n) is 2.31. The average Bonchev–Trinajstić information content (AvgIpc) is 2.41. The first-order chi connectivity index (χ1) is 9.02. The molecule has 0 saturated carbocycles. The van der Waals surface area contributed by atoms with Crippen LogP contribution in [0.1, 0.15) is 17.3 Å². The number of amides is 2. The summed E-state index contributed by atoms with van der Waals surface area (Å²) in [4.78, 5) is 26.8. The van der Waals surface area contributed by atoms with Gasteiger partial charge in [0.1, 0.15) is 0 Å². The van der Waals surface area contributed by atoms with E-state index in [1.54, 1.807) is 41.1 Å². The van der Waals surface area contributed by atoms with Gasteiger partial charge in [-0.2, -0.15) is 0 Å². The molecule has 0 bridgehead atoms. The Bertz CT molecular complexity index is 484. The summed E-state index contributed by atoms with van der Waals surface area (Å²) in [5, 5.41) is 0. The first kappa shape index (κ1) is 13.5. The van der Waals surface area contributed by atoms with Gasteiger partial charge in [0.2, 0.25) is 0 Å². The Balaban J connectivity index is 2.23. The third kappa shape index (κ3) is 2.76. The van der Waals surface area contributed by atoms with E-state index in [1.807, 2.05) is 0 Å². The molecule has 5 heteroatoms. The second-order valence-electron chi connectivity index (χ2n) is 4.98. The standard InChI is InChI=1S/C14H19N3O2/c1-10(18)12-3-5-13(6-4-12)17-9-11(7-15)8-16(2)14(17)19/h3-6,11H,7-9,15H2,1-2H3. The SMILES string of the molecule is CC(=O)c1ccc(N2CC(CN)CN(C)C2=O)cc1. The van der Waals surface area contributed by atoms with Crippen molar-refractivity contribution in [3.05, 3.63) is 29.8 Å². The topological polar surface area (TPSA) is 66.6 Å². The Morgan fingerprint density at radius 1 is 1.32 bits per heavy atom. The number of ketones is 1. The maximum absolute atomic E-state index is 12.2. The van der Waals surface area contributed by atoms with Crippen LogP contribution >= 0.6 is 0 Å². The smallest absolute Gasteiger partial charge is 0.324 e. The zero-order valence-electron chi connectivity index (χ0n) is 11.3. The molecule has 0 radical (unpaired) electrons. The number of hydrogen-bond acceptors (Lipinski definition) is 3. The number of nitrogens with zero attached hydrogens (tertiary/aromatic N) is 2. The fraction of sp³-hybridized carbons (Fsp3) is 0.429. The molecule has 2 rings (SSSR count). The number of anilines is 1. The van der Waals surface area contributed by atoms with Gasteiger partial charge in [0.25, 0.3) is 0 Å². The van der Waals surface area contributed by atoms with Crippen molar-refractivity contribution in [2.75, 3.05) is 31.6 Å². The van der Waals surface area contributed by atoms with Gasteiger partial charge in [-0.1, -0.05) is 0 Å². The van der Waals surface area contributed by atoms with Gasteiger partial charge in [0, 0.05) is 37.3 Å². The molecule has 0 aliphatic carbocycles. The van der Waals surface area contributed by atoms with Crippen LogP contribution in [-0.2, 0) is 0 Å². The van der Waals surface area contributed by atoms with Gasteiger partial charge in [0.05, 0.1) is 0 Å². The van der Waals surface area contributed by atoms with E-state index in [1.165, 1.54) is 6.92 Å². The van der Waals surface area contributed by atoms with Crippen LogP contribution in [0.5, 0.6) is 0 Å². The lowest BCUT2D eigenvalue weighted by Gasteiger charge is -2.38. The third-order valence-electron chi connectivity index (χ3n) is 3.45. The van der Waals surface area contributed by atoms with Gasteiger partial charge in [-0.05, 0) is 37.7 Å². The summed E-state index contributed by atoms with van der Waals surface area (Å²) in [6.45, 7) is 3.40. The lowest BCUT2D eigenvalue weighted by molar-refractivity contribution is 0.101. The summed E-state index contributed by atoms with van der Waals surface area (Å²) in [6, 6.07) is 7.08. The summed E-state index contributed by atoms with van der Waals surface area (Å²) in [5.74, 6) is 0.295. The molecule has 2 N–H and O–H groups in total. The highest BCUT2D eigenvalue weighted by Gasteiger charge is 2.29. The second kappa shape index (κ2) is 5.40. The molecule has 2 amide bonds. The predicted molar refractivity (Wildman–Crippen MR) is 74.4 cm³/mol. The van der Waals surface area contributed by atoms with Crippen molar-refractivity contribution in [3.8, 4) is 0 Å². The summed E-state index contributed by atoms with van der Waals surface area (Å²) >= 11 is 0. The zero-order valence-corrected chi connectivity index (χ0v) is 11.3. The molecule has 1 fully saturated rings. The zero-order chi connectivity index (χ0) is 14.0. The van der Waals surface area contributed by atoms with Crippen molar-refractivity contribution in [2.24, 2.45) is 11.7 Å². The molecule has 1 aliphatic rings. The molecule has 1 aliphatic heterocycles. The van der Waals surface area contributed by atoms with Gasteiger partial charge < -0.3 is 10.6 Å².